The van der Waals surface area contributed by atoms with E-state index < -0.39 is 0 Å². The lowest BCUT2D eigenvalue weighted by molar-refractivity contribution is 0.184. The third-order valence-corrected chi connectivity index (χ3v) is 19.0. The van der Waals surface area contributed by atoms with E-state index in [0.717, 1.165) is 99.3 Å². The van der Waals surface area contributed by atoms with Crippen LogP contribution >= 0.6 is 0 Å². The standard InChI is InChI=1S/C64H86O4/c1-13-41(5)53-37-49(20-24-57(53)65)63(50-21-25-58(66)54(38-50)42(6)14-2)32-28-45(29-33-63)61(9,10)47-18-17-19-48(36-47)62(11,12)46-30-34-64(35-31-46,51-22-26-59(67)55(39-51)43(7)15-3)52-23-27-60(68)56(40-52)44(8)16-4/h17-27,36-46,65-68H,13-16,28-35H2,1-12H3. The van der Waals surface area contributed by atoms with Gasteiger partial charge in [0.05, 0.1) is 0 Å². The first kappa shape index (κ1) is 51.2. The lowest BCUT2D eigenvalue weighted by Crippen LogP contribution is -2.40. The van der Waals surface area contributed by atoms with Crippen LogP contribution in [0, 0.1) is 11.8 Å². The average Bonchev–Trinajstić information content (AvgIpc) is 3.35. The minimum Gasteiger partial charge on any atom is -0.508 e. The fraction of sp³-hybridized carbons (Fsp3) is 0.531. The summed E-state index contributed by atoms with van der Waals surface area (Å²) in [5.74, 6) is 3.54. The summed E-state index contributed by atoms with van der Waals surface area (Å²) < 4.78 is 0. The van der Waals surface area contributed by atoms with Crippen molar-refractivity contribution in [3.63, 3.8) is 0 Å². The molecule has 0 radical (unpaired) electrons. The van der Waals surface area contributed by atoms with Gasteiger partial charge in [-0.2, -0.15) is 0 Å². The molecular formula is C64H86O4. The predicted octanol–water partition coefficient (Wildman–Crippen LogP) is 17.5. The van der Waals surface area contributed by atoms with Gasteiger partial charge in [-0.15, -0.1) is 0 Å². The van der Waals surface area contributed by atoms with Crippen LogP contribution in [0.5, 0.6) is 23.0 Å². The quantitative estimate of drug-likeness (QED) is 0.0795. The molecule has 4 nitrogen and oxygen atoms in total. The first-order valence-corrected chi connectivity index (χ1v) is 26.7. The van der Waals surface area contributed by atoms with Crippen LogP contribution in [0.1, 0.15) is 239 Å². The molecule has 0 saturated heterocycles. The second-order valence-electron chi connectivity index (χ2n) is 23.1. The number of phenolic OH excluding ortho intramolecular Hbond substituents is 4. The molecule has 2 saturated carbocycles. The van der Waals surface area contributed by atoms with Crippen LogP contribution in [-0.4, -0.2) is 20.4 Å². The molecule has 0 heterocycles. The topological polar surface area (TPSA) is 80.9 Å². The van der Waals surface area contributed by atoms with Crippen molar-refractivity contribution in [2.45, 2.75) is 205 Å². The van der Waals surface area contributed by atoms with Crippen LogP contribution in [-0.2, 0) is 21.7 Å². The summed E-state index contributed by atoms with van der Waals surface area (Å²) in [4.78, 5) is 0. The SMILES string of the molecule is CCC(C)c1cc(C2(c3ccc(O)c(C(C)CC)c3)CCC(C(C)(C)c3cccc(C(C)(C)C4CCC(c5ccc(O)c(C(C)CC)c5)(c5ccc(O)c(C(C)CC)c5)CC4)c3)CC2)ccc1O. The first-order valence-electron chi connectivity index (χ1n) is 26.7. The summed E-state index contributed by atoms with van der Waals surface area (Å²) in [7, 11) is 0. The van der Waals surface area contributed by atoms with Crippen LogP contribution in [0.25, 0.3) is 0 Å². The predicted molar refractivity (Wildman–Crippen MR) is 285 cm³/mol. The molecule has 0 amide bonds. The van der Waals surface area contributed by atoms with Crippen molar-refractivity contribution in [1.29, 1.82) is 0 Å². The van der Waals surface area contributed by atoms with Crippen molar-refractivity contribution in [3.8, 4) is 23.0 Å². The molecule has 68 heavy (non-hydrogen) atoms. The van der Waals surface area contributed by atoms with E-state index in [4.69, 9.17) is 0 Å². The van der Waals surface area contributed by atoms with Crippen LogP contribution in [0.4, 0.5) is 0 Å². The smallest absolute Gasteiger partial charge is 0.119 e. The molecule has 0 aliphatic heterocycles. The third-order valence-electron chi connectivity index (χ3n) is 19.0. The maximum absolute atomic E-state index is 11.1. The van der Waals surface area contributed by atoms with Gasteiger partial charge in [0.15, 0.2) is 0 Å². The lowest BCUT2D eigenvalue weighted by atomic mass is 9.56. The fourth-order valence-corrected chi connectivity index (χ4v) is 12.8. The molecule has 0 aromatic heterocycles. The number of hydrogen-bond acceptors (Lipinski definition) is 4. The summed E-state index contributed by atoms with van der Waals surface area (Å²) >= 11 is 0. The van der Waals surface area contributed by atoms with Gasteiger partial charge in [0.1, 0.15) is 23.0 Å². The zero-order chi connectivity index (χ0) is 49.3. The normalized spacial score (nSPS) is 23.2. The highest BCUT2D eigenvalue weighted by molar-refractivity contribution is 5.52. The summed E-state index contributed by atoms with van der Waals surface area (Å²) in [5.41, 5.74) is 11.6. The Morgan fingerprint density at radius 2 is 0.662 bits per heavy atom. The molecule has 5 aromatic rings. The van der Waals surface area contributed by atoms with Gasteiger partial charge in [0.25, 0.3) is 0 Å². The van der Waals surface area contributed by atoms with Crippen molar-refractivity contribution >= 4 is 0 Å². The largest absolute Gasteiger partial charge is 0.508 e. The molecule has 2 aliphatic rings. The average molecular weight is 919 g/mol. The third kappa shape index (κ3) is 9.48. The van der Waals surface area contributed by atoms with E-state index in [1.807, 2.05) is 24.3 Å². The fourth-order valence-electron chi connectivity index (χ4n) is 12.8. The van der Waals surface area contributed by atoms with E-state index in [1.165, 1.54) is 33.4 Å². The van der Waals surface area contributed by atoms with Crippen LogP contribution in [0.3, 0.4) is 0 Å². The minimum atomic E-state index is -0.218. The monoisotopic (exact) mass is 919 g/mol. The lowest BCUT2D eigenvalue weighted by Gasteiger charge is -2.48. The molecule has 4 unspecified atom stereocenters. The van der Waals surface area contributed by atoms with E-state index in [9.17, 15) is 20.4 Å². The molecule has 7 rings (SSSR count). The molecule has 5 aromatic carbocycles. The number of hydrogen-bond donors (Lipinski definition) is 4. The van der Waals surface area contributed by atoms with Gasteiger partial charge in [0.2, 0.25) is 0 Å². The highest BCUT2D eigenvalue weighted by atomic mass is 16.3. The molecule has 0 spiro atoms. The Labute approximate surface area is 411 Å². The van der Waals surface area contributed by atoms with E-state index in [2.05, 4.69) is 156 Å². The maximum atomic E-state index is 11.1. The number of benzene rings is 5. The van der Waals surface area contributed by atoms with Crippen molar-refractivity contribution in [2.24, 2.45) is 11.8 Å². The molecule has 4 N–H and O–H groups in total. The van der Waals surface area contributed by atoms with E-state index >= 15 is 0 Å². The Hall–Kier alpha value is -4.70. The Balaban J connectivity index is 1.17. The molecule has 2 fully saturated rings. The summed E-state index contributed by atoms with van der Waals surface area (Å²) in [6, 6.07) is 35.2. The number of aromatic hydroxyl groups is 4. The molecule has 0 bridgehead atoms. The van der Waals surface area contributed by atoms with Gasteiger partial charge in [-0.05, 0) is 203 Å². The maximum Gasteiger partial charge on any atom is 0.119 e. The van der Waals surface area contributed by atoms with E-state index in [0.29, 0.717) is 34.8 Å². The second-order valence-corrected chi connectivity index (χ2v) is 23.1. The Morgan fingerprint density at radius 1 is 0.412 bits per heavy atom. The van der Waals surface area contributed by atoms with Crippen LogP contribution < -0.4 is 0 Å². The summed E-state index contributed by atoms with van der Waals surface area (Å²) in [6.07, 6.45) is 12.2. The molecular weight excluding hydrogens is 833 g/mol. The second kappa shape index (κ2) is 20.3. The van der Waals surface area contributed by atoms with Crippen molar-refractivity contribution < 1.29 is 20.4 Å². The highest BCUT2D eigenvalue weighted by Gasteiger charge is 2.46. The molecule has 2 aliphatic carbocycles. The van der Waals surface area contributed by atoms with Gasteiger partial charge < -0.3 is 20.4 Å². The highest BCUT2D eigenvalue weighted by Crippen LogP contribution is 2.55. The van der Waals surface area contributed by atoms with E-state index in [1.54, 1.807) is 0 Å². The molecule has 4 heteroatoms. The molecule has 4 atom stereocenters. The van der Waals surface area contributed by atoms with Gasteiger partial charge >= 0.3 is 0 Å². The summed E-state index contributed by atoms with van der Waals surface area (Å²) in [6.45, 7) is 27.5. The van der Waals surface area contributed by atoms with Gasteiger partial charge in [0, 0.05) is 10.8 Å². The van der Waals surface area contributed by atoms with Crippen molar-refractivity contribution in [2.75, 3.05) is 0 Å². The molecule has 366 valence electrons. The Bertz CT molecular complexity index is 2220. The van der Waals surface area contributed by atoms with Gasteiger partial charge in [-0.3, -0.25) is 0 Å². The Morgan fingerprint density at radius 3 is 0.897 bits per heavy atom. The van der Waals surface area contributed by atoms with Crippen molar-refractivity contribution in [3.05, 3.63) is 153 Å². The van der Waals surface area contributed by atoms with E-state index in [-0.39, 0.29) is 45.3 Å². The van der Waals surface area contributed by atoms with Gasteiger partial charge in [-0.1, -0.05) is 156 Å². The zero-order valence-corrected chi connectivity index (χ0v) is 44.0. The summed E-state index contributed by atoms with van der Waals surface area (Å²) in [5, 5.41) is 44.3. The van der Waals surface area contributed by atoms with Crippen molar-refractivity contribution in [1.82, 2.24) is 0 Å². The first-order chi connectivity index (χ1) is 32.3. The van der Waals surface area contributed by atoms with Crippen LogP contribution in [0.15, 0.2) is 97.1 Å². The van der Waals surface area contributed by atoms with Gasteiger partial charge in [-0.25, -0.2) is 0 Å². The number of rotatable bonds is 16. The number of phenols is 4. The minimum absolute atomic E-state index is 0.0495. The zero-order valence-electron chi connectivity index (χ0n) is 44.0. The van der Waals surface area contributed by atoms with Crippen LogP contribution in [0.2, 0.25) is 0 Å². The Kier molecular flexibility index (Phi) is 15.3.